The van der Waals surface area contributed by atoms with Gasteiger partial charge in [0.25, 0.3) is 0 Å². The van der Waals surface area contributed by atoms with Crippen molar-refractivity contribution in [3.63, 3.8) is 0 Å². The summed E-state index contributed by atoms with van der Waals surface area (Å²) in [6, 6.07) is -10.2. The zero-order chi connectivity index (χ0) is 69.0. The van der Waals surface area contributed by atoms with Gasteiger partial charge in [0.15, 0.2) is 0 Å². The summed E-state index contributed by atoms with van der Waals surface area (Å²) in [5, 5.41) is 8.66. The van der Waals surface area contributed by atoms with Crippen LogP contribution in [0.15, 0.2) is 0 Å². The van der Waals surface area contributed by atoms with Gasteiger partial charge in [0.05, 0.1) is 19.1 Å². The highest BCUT2D eigenvalue weighted by molar-refractivity contribution is 6.00. The number of amides is 11. The lowest BCUT2D eigenvalue weighted by Crippen LogP contribution is -2.65. The van der Waals surface area contributed by atoms with Crippen molar-refractivity contribution in [2.45, 2.75) is 244 Å². The molecule has 2 saturated carbocycles. The fourth-order valence-electron chi connectivity index (χ4n) is 13.7. The Labute approximate surface area is 541 Å². The van der Waals surface area contributed by atoms with Crippen LogP contribution in [0.3, 0.4) is 0 Å². The minimum absolute atomic E-state index is 0.000959. The van der Waals surface area contributed by atoms with Crippen molar-refractivity contribution in [3.8, 4) is 0 Å². The van der Waals surface area contributed by atoms with E-state index >= 15 is 14.0 Å². The number of carbonyl (C=O) groups excluding carboxylic acids is 11. The Morgan fingerprint density at radius 3 is 1.83 bits per heavy atom. The van der Waals surface area contributed by atoms with E-state index in [4.69, 9.17) is 4.74 Å². The van der Waals surface area contributed by atoms with Gasteiger partial charge < -0.3 is 59.9 Å². The van der Waals surface area contributed by atoms with Gasteiger partial charge in [-0.15, -0.1) is 0 Å². The number of halogens is 4. The van der Waals surface area contributed by atoms with Crippen LogP contribution in [-0.4, -0.2) is 252 Å². The van der Waals surface area contributed by atoms with Crippen LogP contribution in [0, 0.1) is 29.6 Å². The van der Waals surface area contributed by atoms with E-state index in [1.54, 1.807) is 13.8 Å². The highest BCUT2D eigenvalue weighted by Crippen LogP contribution is 2.43. The van der Waals surface area contributed by atoms with Crippen molar-refractivity contribution >= 4 is 65.0 Å². The molecule has 5 aliphatic rings. The Balaban J connectivity index is 1.56. The smallest absolute Gasteiger partial charge is 0.379 e. The summed E-state index contributed by atoms with van der Waals surface area (Å²) in [6.45, 7) is 15.5. The van der Waals surface area contributed by atoms with Crippen LogP contribution < -0.4 is 16.0 Å². The molecule has 92 heavy (non-hydrogen) atoms. The number of nitrogens with one attached hydrogen (secondary N) is 3. The maximum absolute atomic E-state index is 15.2. The fraction of sp³-hybridized carbons (Fsp3) is 0.831. The number of carbonyl (C=O) groups is 11. The molecule has 5 fully saturated rings. The second kappa shape index (κ2) is 33.3. The first-order chi connectivity index (χ1) is 43.1. The first-order valence-corrected chi connectivity index (χ1v) is 33.5. The van der Waals surface area contributed by atoms with Crippen molar-refractivity contribution < 1.29 is 75.0 Å². The maximum atomic E-state index is 15.2. The zero-order valence-corrected chi connectivity index (χ0v) is 57.2. The standard InChI is InChI=1S/C65H107F4N11O12/c1-16-32-92-37-50-59(87)73(10)36-51(81)70-46(26-24-43-23-25-44(45(66)35-43)65(67,68)69)58(86)79-30-21-22-47(79)56(84)72-64(28-19-20-29-64)63(91)78(15)54(40(7)18-3)62(90)74(11)41(8)34-52(82)76(13)49(33-38(4)5)55(83)71-53(39(6)17-2)61(89)75(12)42(9)57(85)80-31-27-48(80)60(88)77(50)14/h38-50,53-54H,16-37H2,1-15H3,(H,70,81)(H,71,83)(H,72,84)/t39-,40-,41+,42-,43?,44?,45?,46-,47-,48-,49-,50-,53-,54-/m0/s1. The molecule has 3 heterocycles. The zero-order valence-electron chi connectivity index (χ0n) is 57.2. The number of alkyl halides is 4. The van der Waals surface area contributed by atoms with Gasteiger partial charge in [0.1, 0.15) is 60.0 Å². The van der Waals surface area contributed by atoms with Gasteiger partial charge in [0.2, 0.25) is 65.0 Å². The lowest BCUT2D eigenvalue weighted by molar-refractivity contribution is -0.201. The minimum atomic E-state index is -4.74. The molecule has 3 unspecified atom stereocenters. The Hall–Kier alpha value is -6.15. The van der Waals surface area contributed by atoms with Crippen molar-refractivity contribution in [1.29, 1.82) is 0 Å². The predicted molar refractivity (Wildman–Crippen MR) is 335 cm³/mol. The first-order valence-electron chi connectivity index (χ1n) is 33.5. The third kappa shape index (κ3) is 18.2. The number of hydrogen-bond acceptors (Lipinski definition) is 12. The molecule has 0 aromatic rings. The molecule has 23 nitrogen and oxygen atoms in total. The molecule has 1 spiro atoms. The second-order valence-electron chi connectivity index (χ2n) is 27.5. The molecule has 5 rings (SSSR count). The van der Waals surface area contributed by atoms with Gasteiger partial charge in [0, 0.05) is 74.4 Å². The number of hydrogen-bond donors (Lipinski definition) is 3. The molecule has 27 heteroatoms. The summed E-state index contributed by atoms with van der Waals surface area (Å²) in [6.07, 6.45) is -4.41. The third-order valence-corrected chi connectivity index (χ3v) is 20.5. The SMILES string of the molecule is CCCOC[C@H]1C(=O)N(C)CC(=O)N[C@@H](CCC2CCC(C(F)(F)F)C(F)C2)C(=O)N2CCC[C@H]2C(=O)NC2(CCCC2)C(=O)N(C)[C@@H]([C@@H](C)CC)C(=O)N(C)[C@H](C)CC(=O)N(C)[C@@H](CC(C)C)C(=O)N[C@@H]([C@@H](C)CC)C(=O)N(C)[C@@H](C)C(=O)N2CC[C@H]2C(=O)N1C. The quantitative estimate of drug-likeness (QED) is 0.168. The summed E-state index contributed by atoms with van der Waals surface area (Å²) in [4.78, 5) is 172. The van der Waals surface area contributed by atoms with E-state index < -0.39 is 180 Å². The van der Waals surface area contributed by atoms with Gasteiger partial charge in [-0.25, -0.2) is 4.39 Å². The van der Waals surface area contributed by atoms with Crippen molar-refractivity contribution in [3.05, 3.63) is 0 Å². The van der Waals surface area contributed by atoms with Gasteiger partial charge in [-0.2, -0.15) is 13.2 Å². The molecule has 3 aliphatic heterocycles. The summed E-state index contributed by atoms with van der Waals surface area (Å²) in [5.41, 5.74) is -1.51. The third-order valence-electron chi connectivity index (χ3n) is 20.5. The van der Waals surface area contributed by atoms with Crippen LogP contribution in [0.1, 0.15) is 171 Å². The molecule has 0 aromatic carbocycles. The number of fused-ring (bicyclic) bond motifs is 2. The summed E-state index contributed by atoms with van der Waals surface area (Å²) in [7, 11) is 8.63. The Bertz CT molecular complexity index is 2630. The highest BCUT2D eigenvalue weighted by atomic mass is 19.4. The van der Waals surface area contributed by atoms with Gasteiger partial charge in [-0.3, -0.25) is 52.7 Å². The molecule has 3 saturated heterocycles. The van der Waals surface area contributed by atoms with Crippen LogP contribution in [-0.2, 0) is 57.5 Å². The average molecular weight is 1310 g/mol. The minimum Gasteiger partial charge on any atom is -0.379 e. The molecule has 2 aliphatic carbocycles. The molecular formula is C65H107F4N11O12. The van der Waals surface area contributed by atoms with E-state index in [1.165, 1.54) is 78.6 Å². The maximum Gasteiger partial charge on any atom is 0.394 e. The predicted octanol–water partition coefficient (Wildman–Crippen LogP) is 4.68. The van der Waals surface area contributed by atoms with Crippen molar-refractivity contribution in [2.24, 2.45) is 29.6 Å². The fourth-order valence-corrected chi connectivity index (χ4v) is 13.7. The van der Waals surface area contributed by atoms with Crippen LogP contribution in [0.25, 0.3) is 0 Å². The lowest BCUT2D eigenvalue weighted by Gasteiger charge is -2.45. The van der Waals surface area contributed by atoms with E-state index in [1.807, 2.05) is 41.5 Å². The highest BCUT2D eigenvalue weighted by Gasteiger charge is 2.52. The molecule has 3 N–H and O–H groups in total. The molecule has 14 atom stereocenters. The van der Waals surface area contributed by atoms with E-state index in [9.17, 15) is 56.3 Å². The molecule has 0 aromatic heterocycles. The van der Waals surface area contributed by atoms with Crippen LogP contribution in [0.2, 0.25) is 0 Å². The average Bonchev–Trinajstić information content (AvgIpc) is 1.30. The largest absolute Gasteiger partial charge is 0.394 e. The van der Waals surface area contributed by atoms with E-state index in [2.05, 4.69) is 16.0 Å². The van der Waals surface area contributed by atoms with E-state index in [-0.39, 0.29) is 90.0 Å². The molecule has 11 amide bonds. The molecule has 0 bridgehead atoms. The topological polar surface area (TPSA) is 259 Å². The monoisotopic (exact) mass is 1310 g/mol. The molecule has 522 valence electrons. The summed E-state index contributed by atoms with van der Waals surface area (Å²) >= 11 is 0. The number of rotatable bonds is 13. The Morgan fingerprint density at radius 2 is 1.26 bits per heavy atom. The normalized spacial score (nSPS) is 30.8. The Morgan fingerprint density at radius 1 is 0.630 bits per heavy atom. The first kappa shape index (κ1) is 76.6. The van der Waals surface area contributed by atoms with Crippen LogP contribution >= 0.6 is 0 Å². The van der Waals surface area contributed by atoms with Crippen molar-refractivity contribution in [1.82, 2.24) is 55.1 Å². The van der Waals surface area contributed by atoms with Gasteiger partial charge in [-0.05, 0) is 115 Å². The van der Waals surface area contributed by atoms with Gasteiger partial charge >= 0.3 is 6.18 Å². The van der Waals surface area contributed by atoms with Crippen LogP contribution in [0.4, 0.5) is 17.6 Å². The number of ether oxygens (including phenoxy) is 1. The van der Waals surface area contributed by atoms with Gasteiger partial charge in [-0.1, -0.05) is 74.1 Å². The van der Waals surface area contributed by atoms with E-state index in [0.717, 1.165) is 9.80 Å². The summed E-state index contributed by atoms with van der Waals surface area (Å²) < 4.78 is 62.3. The summed E-state index contributed by atoms with van der Waals surface area (Å²) in [5.74, 6) is -10.6. The molecule has 0 radical (unpaired) electrons. The Kier molecular flexibility index (Phi) is 27.7. The van der Waals surface area contributed by atoms with Crippen molar-refractivity contribution in [2.75, 3.05) is 75.1 Å². The number of likely N-dealkylation sites (N-methyl/N-ethyl adjacent to an activating group) is 6. The van der Waals surface area contributed by atoms with E-state index in [0.29, 0.717) is 38.5 Å². The van der Waals surface area contributed by atoms with Crippen LogP contribution in [0.5, 0.6) is 0 Å². The number of nitrogens with zero attached hydrogens (tertiary/aromatic N) is 8. The molecular weight excluding hydrogens is 1200 g/mol. The lowest BCUT2D eigenvalue weighted by atomic mass is 9.78. The second-order valence-corrected chi connectivity index (χ2v) is 27.5.